The van der Waals surface area contributed by atoms with Gasteiger partial charge in [0.25, 0.3) is 0 Å². The first kappa shape index (κ1) is 93.8. The molecule has 0 radical (unpaired) electrons. The van der Waals surface area contributed by atoms with E-state index in [4.69, 9.17) is 18.6 Å². The highest BCUT2D eigenvalue weighted by atomic mass is 32.1. The molecule has 0 N–H and O–H groups in total. The largest absolute Gasteiger partial charge is 0.494 e. The zero-order valence-electron chi connectivity index (χ0n) is 79.6. The van der Waals surface area contributed by atoms with Crippen molar-refractivity contribution < 1.29 is 18.6 Å². The number of thiophene rings is 4. The molecule has 0 bridgehead atoms. The van der Waals surface area contributed by atoms with Gasteiger partial charge < -0.3 is 18.6 Å². The summed E-state index contributed by atoms with van der Waals surface area (Å²) in [5, 5.41) is 0. The van der Waals surface area contributed by atoms with Gasteiger partial charge in [0.05, 0.1) is 22.4 Å². The second kappa shape index (κ2) is 42.1. The number of benzene rings is 6. The van der Waals surface area contributed by atoms with Gasteiger partial charge in [0.2, 0.25) is 0 Å². The van der Waals surface area contributed by atoms with E-state index >= 15 is 0 Å². The lowest BCUT2D eigenvalue weighted by Gasteiger charge is -2.33. The monoisotopic (exact) mass is 1750 g/mol. The minimum Gasteiger partial charge on any atom is -0.399 e. The zero-order chi connectivity index (χ0) is 87.4. The third-order valence-corrected chi connectivity index (χ3v) is 35.9. The second-order valence-corrected chi connectivity index (χ2v) is 45.2. The fourth-order valence-corrected chi connectivity index (χ4v) is 26.3. The molecule has 0 atom stereocenters. The Hall–Kier alpha value is -5.91. The van der Waals surface area contributed by atoms with Crippen molar-refractivity contribution in [3.05, 3.63) is 191 Å². The molecular formula is C115H152B2O4S4. The maximum atomic E-state index is 6.82. The predicted octanol–water partition coefficient (Wildman–Crippen LogP) is 35.8. The van der Waals surface area contributed by atoms with Crippen LogP contribution in [0.25, 0.3) is 94.7 Å². The van der Waals surface area contributed by atoms with Gasteiger partial charge >= 0.3 is 14.2 Å². The van der Waals surface area contributed by atoms with Crippen LogP contribution < -0.4 is 10.9 Å². The molecule has 0 spiro atoms. The van der Waals surface area contributed by atoms with E-state index in [2.05, 4.69) is 255 Å². The van der Waals surface area contributed by atoms with Gasteiger partial charge in [-0.2, -0.15) is 0 Å². The lowest BCUT2D eigenvalue weighted by molar-refractivity contribution is 0.00578. The van der Waals surface area contributed by atoms with Crippen molar-refractivity contribution in [2.75, 3.05) is 0 Å². The molecule has 3 aliphatic carbocycles. The maximum Gasteiger partial charge on any atom is 0.494 e. The first-order valence-electron chi connectivity index (χ1n) is 50.7. The third kappa shape index (κ3) is 20.3. The van der Waals surface area contributed by atoms with Crippen LogP contribution in [0.15, 0.2) is 158 Å². The van der Waals surface area contributed by atoms with E-state index in [1.807, 2.05) is 45.3 Å². The van der Waals surface area contributed by atoms with Gasteiger partial charge in [0.1, 0.15) is 0 Å². The zero-order valence-corrected chi connectivity index (χ0v) is 82.9. The fraction of sp³-hybridized carbons (Fsp3) is 0.548. The minimum absolute atomic E-state index is 0.0706. The molecular weight excluding hydrogens is 1600 g/mol. The van der Waals surface area contributed by atoms with Crippen molar-refractivity contribution >= 4 is 70.5 Å². The van der Waals surface area contributed by atoms with Crippen LogP contribution in [0.1, 0.15) is 400 Å². The van der Waals surface area contributed by atoms with Gasteiger partial charge in [0, 0.05) is 55.3 Å². The summed E-state index contributed by atoms with van der Waals surface area (Å²) in [6.45, 7) is 31.6. The van der Waals surface area contributed by atoms with E-state index in [0.29, 0.717) is 0 Å². The van der Waals surface area contributed by atoms with Crippen LogP contribution in [-0.4, -0.2) is 36.6 Å². The van der Waals surface area contributed by atoms with E-state index in [0.717, 1.165) is 10.9 Å². The molecule has 5 aliphatic rings. The quantitative estimate of drug-likeness (QED) is 0.0281. The van der Waals surface area contributed by atoms with Crippen molar-refractivity contribution in [1.29, 1.82) is 0 Å². The van der Waals surface area contributed by atoms with Crippen LogP contribution in [0.3, 0.4) is 0 Å². The number of fused-ring (bicyclic) bond motifs is 9. The summed E-state index contributed by atoms with van der Waals surface area (Å²) in [4.78, 5) is 10.9. The summed E-state index contributed by atoms with van der Waals surface area (Å²) in [5.41, 5.74) is 23.7. The fourth-order valence-electron chi connectivity index (χ4n) is 22.1. The van der Waals surface area contributed by atoms with Crippen molar-refractivity contribution in [2.24, 2.45) is 0 Å². The molecule has 2 saturated heterocycles. The third-order valence-electron chi connectivity index (χ3n) is 31.0. The maximum absolute atomic E-state index is 6.82. The van der Waals surface area contributed by atoms with Crippen molar-refractivity contribution in [2.45, 2.75) is 405 Å². The first-order valence-corrected chi connectivity index (χ1v) is 53.9. The average Bonchev–Trinajstić information content (AvgIpc) is 1.57. The van der Waals surface area contributed by atoms with Crippen molar-refractivity contribution in [3.63, 3.8) is 0 Å². The van der Waals surface area contributed by atoms with E-state index in [-0.39, 0.29) is 16.2 Å². The van der Waals surface area contributed by atoms with Crippen LogP contribution in [0, 0.1) is 0 Å². The minimum atomic E-state index is -0.403. The Kier molecular flexibility index (Phi) is 31.6. The van der Waals surface area contributed by atoms with E-state index in [1.54, 1.807) is 22.3 Å². The van der Waals surface area contributed by atoms with Crippen LogP contribution >= 0.6 is 45.3 Å². The second-order valence-electron chi connectivity index (χ2n) is 40.8. The van der Waals surface area contributed by atoms with E-state index in [1.165, 1.54) is 375 Å². The van der Waals surface area contributed by atoms with Crippen LogP contribution in [0.4, 0.5) is 0 Å². The van der Waals surface area contributed by atoms with Crippen LogP contribution in [-0.2, 0) is 34.9 Å². The molecule has 10 heteroatoms. The molecule has 125 heavy (non-hydrogen) atoms. The molecule has 10 aromatic rings. The molecule has 2 fully saturated rings. The standard InChI is InChI=1S/C115H152B2O4S4/c1-15-21-27-33-39-45-71-113(72-46-40-34-28-22-16-2)95-77-83(101-63-67-105(122-101)107-69-65-103(124-107)85-53-59-91-93-61-55-87(116-118-109(7,8)110(9,10)119-116)81-99(93)114(97(91)79-85,73-47-41-35-29-23-17-3)74-48-42-36-30-24-18-4)51-57-89(95)90-58-52-84(78-96(90)113)102-64-68-106(123-102)108-70-66-104(125-108)86-54-60-92-94-62-56-88(117-120-111(11,12)112(13,14)121-117)82-100(94)115(98(92)80-86,75-49-43-37-31-25-19-5)76-50-44-38-32-26-20-6/h51-70,77-82H,15-50,71-76H2,1-14H3. The van der Waals surface area contributed by atoms with Gasteiger partial charge in [-0.05, 0) is 267 Å². The Labute approximate surface area is 774 Å². The molecule has 6 heterocycles. The smallest absolute Gasteiger partial charge is 0.399 e. The summed E-state index contributed by atoms with van der Waals surface area (Å²) >= 11 is 7.95. The highest BCUT2D eigenvalue weighted by Crippen LogP contribution is 2.61. The van der Waals surface area contributed by atoms with Crippen LogP contribution in [0.5, 0.6) is 0 Å². The Bertz CT molecular complexity index is 4800. The Morgan fingerprint density at radius 2 is 0.376 bits per heavy atom. The lowest BCUT2D eigenvalue weighted by atomic mass is 9.68. The highest BCUT2D eigenvalue weighted by molar-refractivity contribution is 7.26. The van der Waals surface area contributed by atoms with E-state index in [9.17, 15) is 0 Å². The Morgan fingerprint density at radius 3 is 0.584 bits per heavy atom. The van der Waals surface area contributed by atoms with Crippen LogP contribution in [0.2, 0.25) is 0 Å². The molecule has 0 amide bonds. The molecule has 4 aromatic heterocycles. The molecule has 666 valence electrons. The van der Waals surface area contributed by atoms with Gasteiger partial charge in [-0.3, -0.25) is 0 Å². The normalized spacial score (nSPS) is 16.8. The van der Waals surface area contributed by atoms with E-state index < -0.39 is 36.6 Å². The number of unbranched alkanes of at least 4 members (excludes halogenated alkanes) is 30. The SMILES string of the molecule is CCCCCCCCC1(CCCCCCCC)c2cc(B3OC(C)(C)C(C)(C)O3)ccc2-c2ccc(-c3ccc(-c4ccc(-c5ccc6c(c5)C(CCCCCCCC)(CCCCCCCC)c5cc(-c7ccc(-c8ccc(-c9ccc%10c(c9)C(CCCCCCCC)(CCCCCCCC)c9cc(B%11OC(C)(C)C(C)(C)O%11)ccc9-%10)s8)s7)ccc5-6)s4)s3)cc21. The first-order chi connectivity index (χ1) is 60.6. The summed E-state index contributed by atoms with van der Waals surface area (Å²) in [5.74, 6) is 0. The lowest BCUT2D eigenvalue weighted by Crippen LogP contribution is -2.41. The molecule has 6 aromatic carbocycles. The van der Waals surface area contributed by atoms with Gasteiger partial charge in [-0.15, -0.1) is 45.3 Å². The highest BCUT2D eigenvalue weighted by Gasteiger charge is 2.55. The summed E-state index contributed by atoms with van der Waals surface area (Å²) in [7, 11) is -0.782. The summed E-state index contributed by atoms with van der Waals surface area (Å²) in [6.07, 6.45) is 53.8. The number of rotatable bonds is 50. The average molecular weight is 1750 g/mol. The number of hydrogen-bond acceptors (Lipinski definition) is 8. The van der Waals surface area contributed by atoms with Crippen molar-refractivity contribution in [3.8, 4) is 94.7 Å². The molecule has 15 rings (SSSR count). The Balaban J connectivity index is 0.725. The summed E-state index contributed by atoms with van der Waals surface area (Å²) < 4.78 is 27.3. The predicted molar refractivity (Wildman–Crippen MR) is 549 cm³/mol. The Morgan fingerprint density at radius 1 is 0.200 bits per heavy atom. The molecule has 4 nitrogen and oxygen atoms in total. The summed E-state index contributed by atoms with van der Waals surface area (Å²) in [6, 6.07) is 64.7. The topological polar surface area (TPSA) is 36.9 Å². The number of hydrogen-bond donors (Lipinski definition) is 0. The van der Waals surface area contributed by atoms with Gasteiger partial charge in [-0.25, -0.2) is 0 Å². The van der Waals surface area contributed by atoms with Gasteiger partial charge in [-0.1, -0.05) is 358 Å². The van der Waals surface area contributed by atoms with Crippen molar-refractivity contribution in [1.82, 2.24) is 0 Å². The molecule has 0 saturated carbocycles. The molecule has 0 unspecified atom stereocenters. The molecule has 2 aliphatic heterocycles. The van der Waals surface area contributed by atoms with Gasteiger partial charge in [0.15, 0.2) is 0 Å².